The molecular formula is C14H21ClO2. The number of aliphatic hydroxyl groups is 1. The van der Waals surface area contributed by atoms with Crippen LogP contribution in [-0.2, 0) is 5.41 Å². The first-order valence-corrected chi connectivity index (χ1v) is 6.20. The minimum Gasteiger partial charge on any atom is -0.496 e. The van der Waals surface area contributed by atoms with E-state index in [2.05, 4.69) is 13.8 Å². The molecule has 0 bridgehead atoms. The molecule has 0 aromatic heterocycles. The highest BCUT2D eigenvalue weighted by Crippen LogP contribution is 2.39. The molecule has 1 N–H and O–H groups in total. The molecule has 0 fully saturated rings. The smallest absolute Gasteiger partial charge is 0.124 e. The zero-order chi connectivity index (χ0) is 13.2. The Balaban J connectivity index is 3.51. The summed E-state index contributed by atoms with van der Waals surface area (Å²) >= 11 is 6.11. The van der Waals surface area contributed by atoms with Crippen molar-refractivity contribution >= 4 is 11.6 Å². The predicted molar refractivity (Wildman–Crippen MR) is 72.2 cm³/mol. The number of hydrogen-bond acceptors (Lipinski definition) is 2. The Morgan fingerprint density at radius 2 is 1.94 bits per heavy atom. The molecule has 0 saturated carbocycles. The third-order valence-corrected chi connectivity index (χ3v) is 3.25. The van der Waals surface area contributed by atoms with E-state index < -0.39 is 0 Å². The molecule has 1 rings (SSSR count). The molecule has 0 radical (unpaired) electrons. The first-order chi connectivity index (χ1) is 7.83. The van der Waals surface area contributed by atoms with E-state index in [1.54, 1.807) is 7.11 Å². The molecule has 0 heterocycles. The highest BCUT2D eigenvalue weighted by atomic mass is 35.5. The summed E-state index contributed by atoms with van der Waals surface area (Å²) in [5.74, 6) is 1.12. The second-order valence-electron chi connectivity index (χ2n) is 5.27. The van der Waals surface area contributed by atoms with Crippen LogP contribution in [0.1, 0.15) is 44.7 Å². The van der Waals surface area contributed by atoms with Gasteiger partial charge in [0.15, 0.2) is 0 Å². The van der Waals surface area contributed by atoms with Crippen molar-refractivity contribution in [1.29, 1.82) is 0 Å². The number of halogens is 1. The van der Waals surface area contributed by atoms with Crippen LogP contribution in [-0.4, -0.2) is 18.8 Å². The number of hydrogen-bond donors (Lipinski definition) is 1. The quantitative estimate of drug-likeness (QED) is 0.889. The van der Waals surface area contributed by atoms with Crippen LogP contribution in [0.4, 0.5) is 0 Å². The Morgan fingerprint density at radius 3 is 2.35 bits per heavy atom. The summed E-state index contributed by atoms with van der Waals surface area (Å²) in [6, 6.07) is 3.75. The van der Waals surface area contributed by atoms with Gasteiger partial charge in [-0.25, -0.2) is 0 Å². The molecule has 0 saturated heterocycles. The number of rotatable bonds is 4. The van der Waals surface area contributed by atoms with Gasteiger partial charge in [-0.15, -0.1) is 0 Å². The fraction of sp³-hybridized carbons (Fsp3) is 0.571. The lowest BCUT2D eigenvalue weighted by Crippen LogP contribution is -2.24. The molecule has 0 spiro atoms. The largest absolute Gasteiger partial charge is 0.496 e. The van der Waals surface area contributed by atoms with E-state index in [-0.39, 0.29) is 12.0 Å². The number of aliphatic hydroxyl groups excluding tert-OH is 1. The van der Waals surface area contributed by atoms with Gasteiger partial charge in [0.1, 0.15) is 5.75 Å². The zero-order valence-electron chi connectivity index (χ0n) is 11.2. The lowest BCUT2D eigenvalue weighted by molar-refractivity contribution is 0.217. The van der Waals surface area contributed by atoms with Crippen molar-refractivity contribution < 1.29 is 9.84 Å². The van der Waals surface area contributed by atoms with Crippen molar-refractivity contribution in [3.63, 3.8) is 0 Å². The number of methoxy groups -OCH3 is 1. The average molecular weight is 257 g/mol. The fourth-order valence-corrected chi connectivity index (χ4v) is 2.21. The zero-order valence-corrected chi connectivity index (χ0v) is 11.9. The third kappa shape index (κ3) is 2.93. The lowest BCUT2D eigenvalue weighted by Gasteiger charge is -2.28. The molecule has 0 aliphatic carbocycles. The van der Waals surface area contributed by atoms with Crippen molar-refractivity contribution in [2.75, 3.05) is 13.7 Å². The molecule has 0 amide bonds. The third-order valence-electron chi connectivity index (χ3n) is 3.03. The highest BCUT2D eigenvalue weighted by Gasteiger charge is 2.26. The Bertz CT molecular complexity index is 397. The first-order valence-electron chi connectivity index (χ1n) is 5.82. The molecule has 1 aromatic carbocycles. The Hall–Kier alpha value is -0.730. The second kappa shape index (κ2) is 5.28. The molecule has 1 aromatic rings. The SMILES string of the molecule is COc1cc(Cl)cc(C(C)(C)CO)c1C(C)C. The monoisotopic (exact) mass is 256 g/mol. The van der Waals surface area contributed by atoms with Crippen LogP contribution in [0, 0.1) is 0 Å². The minimum absolute atomic E-state index is 0.0796. The van der Waals surface area contributed by atoms with Crippen molar-refractivity contribution in [1.82, 2.24) is 0 Å². The maximum absolute atomic E-state index is 9.52. The predicted octanol–water partition coefficient (Wildman–Crippen LogP) is 3.74. The topological polar surface area (TPSA) is 29.5 Å². The van der Waals surface area contributed by atoms with E-state index in [0.29, 0.717) is 10.9 Å². The van der Waals surface area contributed by atoms with Crippen molar-refractivity contribution in [3.8, 4) is 5.75 Å². The van der Waals surface area contributed by atoms with Crippen LogP contribution in [0.25, 0.3) is 0 Å². The van der Waals surface area contributed by atoms with E-state index in [1.165, 1.54) is 0 Å². The van der Waals surface area contributed by atoms with Crippen LogP contribution in [0.5, 0.6) is 5.75 Å². The van der Waals surface area contributed by atoms with Gasteiger partial charge in [-0.05, 0) is 23.6 Å². The maximum Gasteiger partial charge on any atom is 0.124 e. The molecule has 17 heavy (non-hydrogen) atoms. The molecule has 0 aliphatic heterocycles. The molecule has 0 aliphatic rings. The summed E-state index contributed by atoms with van der Waals surface area (Å²) in [7, 11) is 1.65. The summed E-state index contributed by atoms with van der Waals surface area (Å²) in [6.07, 6.45) is 0. The van der Waals surface area contributed by atoms with Crippen LogP contribution in [0.15, 0.2) is 12.1 Å². The van der Waals surface area contributed by atoms with E-state index in [9.17, 15) is 5.11 Å². The minimum atomic E-state index is -0.322. The van der Waals surface area contributed by atoms with Gasteiger partial charge in [-0.2, -0.15) is 0 Å². The second-order valence-corrected chi connectivity index (χ2v) is 5.70. The molecule has 3 heteroatoms. The maximum atomic E-state index is 9.52. The van der Waals surface area contributed by atoms with E-state index in [4.69, 9.17) is 16.3 Å². The van der Waals surface area contributed by atoms with E-state index in [0.717, 1.165) is 16.9 Å². The number of ether oxygens (including phenoxy) is 1. The molecule has 2 nitrogen and oxygen atoms in total. The average Bonchev–Trinajstić information content (AvgIpc) is 2.27. The first kappa shape index (κ1) is 14.3. The summed E-state index contributed by atoms with van der Waals surface area (Å²) in [4.78, 5) is 0. The van der Waals surface area contributed by atoms with Crippen LogP contribution >= 0.6 is 11.6 Å². The normalized spacial score (nSPS) is 12.0. The Morgan fingerprint density at radius 1 is 1.35 bits per heavy atom. The molecular weight excluding hydrogens is 236 g/mol. The van der Waals surface area contributed by atoms with Gasteiger partial charge in [0.2, 0.25) is 0 Å². The van der Waals surface area contributed by atoms with Crippen molar-refractivity contribution in [3.05, 3.63) is 28.3 Å². The van der Waals surface area contributed by atoms with Gasteiger partial charge >= 0.3 is 0 Å². The molecule has 96 valence electrons. The Labute approximate surface area is 109 Å². The standard InChI is InChI=1S/C14H21ClO2/c1-9(2)13-11(14(3,4)8-16)6-10(15)7-12(13)17-5/h6-7,9,16H,8H2,1-5H3. The highest BCUT2D eigenvalue weighted by molar-refractivity contribution is 6.30. The fourth-order valence-electron chi connectivity index (χ4n) is 2.00. The Kier molecular flexibility index (Phi) is 4.45. The van der Waals surface area contributed by atoms with Gasteiger partial charge in [-0.1, -0.05) is 39.3 Å². The van der Waals surface area contributed by atoms with Gasteiger partial charge in [0.25, 0.3) is 0 Å². The number of benzene rings is 1. The summed E-state index contributed by atoms with van der Waals surface area (Å²) in [5.41, 5.74) is 1.85. The van der Waals surface area contributed by atoms with E-state index in [1.807, 2.05) is 26.0 Å². The molecule has 0 unspecified atom stereocenters. The molecule has 0 atom stereocenters. The van der Waals surface area contributed by atoms with Crippen LogP contribution in [0.2, 0.25) is 5.02 Å². The van der Waals surface area contributed by atoms with Crippen LogP contribution < -0.4 is 4.74 Å². The summed E-state index contributed by atoms with van der Waals surface area (Å²) in [6.45, 7) is 8.32. The van der Waals surface area contributed by atoms with Gasteiger partial charge in [-0.3, -0.25) is 0 Å². The lowest BCUT2D eigenvalue weighted by atomic mass is 9.79. The summed E-state index contributed by atoms with van der Waals surface area (Å²) in [5, 5.41) is 10.2. The van der Waals surface area contributed by atoms with Crippen LogP contribution in [0.3, 0.4) is 0 Å². The van der Waals surface area contributed by atoms with Gasteiger partial charge < -0.3 is 9.84 Å². The van der Waals surface area contributed by atoms with Crippen molar-refractivity contribution in [2.45, 2.75) is 39.0 Å². The van der Waals surface area contributed by atoms with E-state index >= 15 is 0 Å². The summed E-state index contributed by atoms with van der Waals surface area (Å²) < 4.78 is 5.40. The van der Waals surface area contributed by atoms with Gasteiger partial charge in [0.05, 0.1) is 13.7 Å². The van der Waals surface area contributed by atoms with Gasteiger partial charge in [0, 0.05) is 16.0 Å². The van der Waals surface area contributed by atoms with Crippen molar-refractivity contribution in [2.24, 2.45) is 0 Å².